The van der Waals surface area contributed by atoms with Gasteiger partial charge in [0.1, 0.15) is 41.2 Å². The molecule has 0 aromatic heterocycles. The van der Waals surface area contributed by atoms with Crippen molar-refractivity contribution >= 4 is 52.2 Å². The summed E-state index contributed by atoms with van der Waals surface area (Å²) in [6.45, 7) is 27.5. The summed E-state index contributed by atoms with van der Waals surface area (Å²) in [6.07, 6.45) is -8.64. The standard InChI is InChI=1S/C58H83NO14Si2/c1-16-74(17-2,18-3)72-42-32-40-33-57(40,70-37(9)61)47-49(69-51(63)39-30-26-23-27-31-39)58(66)34-41(35(7)43(55(58,13)14)45(48(62)56(42,47)15)73-75(19-4,20-5)21-6)67-52(64)46-44(38-28-24-22-25-29-38)59(50(68-46)36(8)60)53(65)71-54(10,11)12/h22-31,40-42,44-47,49-50,66H,16-21,32-34H2,1-15H3/t40?,41-,42-,44-,45+,46+,47-,49-,50+,56+,57-,58+/m0/s1. The number of carbonyl (C=O) groups excluding carboxylic acids is 6. The Morgan fingerprint density at radius 2 is 1.33 bits per heavy atom. The molecule has 2 aromatic carbocycles. The predicted molar refractivity (Wildman–Crippen MR) is 286 cm³/mol. The maximum absolute atomic E-state index is 17.0. The molecule has 7 rings (SSSR count). The van der Waals surface area contributed by atoms with E-state index in [0.29, 0.717) is 47.7 Å². The summed E-state index contributed by atoms with van der Waals surface area (Å²) in [6, 6.07) is 20.2. The lowest BCUT2D eigenvalue weighted by molar-refractivity contribution is -0.244. The Labute approximate surface area is 446 Å². The molecule has 1 heterocycles. The third kappa shape index (κ3) is 10.2. The smallest absolute Gasteiger partial charge is 0.413 e. The SMILES string of the molecule is CC[Si](CC)(CC)O[C@H]1C(=O)[C@]2(C)[C@@H](O[Si](CC)(CC)CC)CC3C[C@@]3(OC(C)=O)[C@H]2[C@H](OC(=O)c2ccccc2)[C@]2(O)C[C@H](OC(=O)[C@@H]3O[C@H](C(C)=O)N(C(=O)OC(C)(C)C)[C@H]3c3ccccc3)C(C)=C1C2(C)C. The first kappa shape index (κ1) is 58.2. The van der Waals surface area contributed by atoms with Crippen LogP contribution >= 0.6 is 0 Å². The molecule has 1 aliphatic heterocycles. The molecule has 15 nitrogen and oxygen atoms in total. The van der Waals surface area contributed by atoms with E-state index in [-0.39, 0.29) is 23.7 Å². The van der Waals surface area contributed by atoms with Crippen molar-refractivity contribution < 1.29 is 66.4 Å². The minimum atomic E-state index is -2.80. The average Bonchev–Trinajstić information content (AvgIpc) is 3.90. The monoisotopic (exact) mass is 1070 g/mol. The molecule has 12 atom stereocenters. The number of rotatable bonds is 17. The van der Waals surface area contributed by atoms with E-state index in [0.717, 1.165) is 23.0 Å². The van der Waals surface area contributed by atoms with Crippen LogP contribution in [-0.4, -0.2) is 116 Å². The summed E-state index contributed by atoms with van der Waals surface area (Å²) in [7, 11) is -5.35. The van der Waals surface area contributed by atoms with Gasteiger partial charge in [-0.2, -0.15) is 0 Å². The first-order valence-electron chi connectivity index (χ1n) is 27.4. The minimum Gasteiger partial charge on any atom is -0.458 e. The molecule has 3 saturated carbocycles. The van der Waals surface area contributed by atoms with Gasteiger partial charge in [0.25, 0.3) is 0 Å². The normalized spacial score (nSPS) is 32.3. The highest BCUT2D eigenvalue weighted by Crippen LogP contribution is 2.71. The zero-order valence-electron chi connectivity index (χ0n) is 47.0. The van der Waals surface area contributed by atoms with Gasteiger partial charge in [-0.25, -0.2) is 14.4 Å². The molecule has 1 saturated heterocycles. The number of Topliss-reactive ketones (excluding diaryl/α,β-unsaturated/α-hetero) is 2. The Kier molecular flexibility index (Phi) is 16.6. The van der Waals surface area contributed by atoms with Gasteiger partial charge in [-0.3, -0.25) is 19.3 Å². The quantitative estimate of drug-likeness (QED) is 0.0681. The van der Waals surface area contributed by atoms with Gasteiger partial charge in [0, 0.05) is 24.7 Å². The molecule has 2 bridgehead atoms. The molecule has 5 aliphatic rings. The summed E-state index contributed by atoms with van der Waals surface area (Å²) < 4.78 is 47.3. The second-order valence-electron chi connectivity index (χ2n) is 23.6. The topological polar surface area (TPSA) is 190 Å². The number of hydrogen-bond acceptors (Lipinski definition) is 14. The summed E-state index contributed by atoms with van der Waals surface area (Å²) in [5.41, 5.74) is -6.13. The van der Waals surface area contributed by atoms with Crippen LogP contribution in [0.15, 0.2) is 71.8 Å². The number of ketones is 2. The molecule has 1 unspecified atom stereocenters. The number of fused-ring (bicyclic) bond motifs is 5. The molecular formula is C58H83NO14Si2. The number of ether oxygens (including phenoxy) is 5. The molecular weight excluding hydrogens is 991 g/mol. The van der Waals surface area contributed by atoms with Gasteiger partial charge in [-0.05, 0) is 119 Å². The number of carbonyl (C=O) groups is 6. The highest BCUT2D eigenvalue weighted by molar-refractivity contribution is 6.74. The summed E-state index contributed by atoms with van der Waals surface area (Å²) in [4.78, 5) is 89.6. The van der Waals surface area contributed by atoms with Crippen LogP contribution in [0.25, 0.3) is 0 Å². The molecule has 0 radical (unpaired) electrons. The Morgan fingerprint density at radius 3 is 1.85 bits per heavy atom. The predicted octanol–water partition coefficient (Wildman–Crippen LogP) is 10.6. The maximum Gasteiger partial charge on any atom is 0.413 e. The van der Waals surface area contributed by atoms with E-state index in [4.69, 9.17) is 32.5 Å². The van der Waals surface area contributed by atoms with Gasteiger partial charge in [-0.15, -0.1) is 0 Å². The van der Waals surface area contributed by atoms with Gasteiger partial charge in [-0.1, -0.05) is 104 Å². The summed E-state index contributed by atoms with van der Waals surface area (Å²) >= 11 is 0. The lowest BCUT2D eigenvalue weighted by atomic mass is 9.47. The zero-order valence-corrected chi connectivity index (χ0v) is 49.0. The van der Waals surface area contributed by atoms with Gasteiger partial charge in [0.05, 0.1) is 23.0 Å². The van der Waals surface area contributed by atoms with Crippen LogP contribution in [0.5, 0.6) is 0 Å². The van der Waals surface area contributed by atoms with E-state index in [1.807, 2.05) is 20.8 Å². The third-order valence-electron chi connectivity index (χ3n) is 18.3. The highest BCUT2D eigenvalue weighted by Gasteiger charge is 2.81. The molecule has 0 spiro atoms. The molecule has 4 aliphatic carbocycles. The van der Waals surface area contributed by atoms with E-state index < -0.39 is 123 Å². The van der Waals surface area contributed by atoms with Crippen molar-refractivity contribution in [2.75, 3.05) is 0 Å². The van der Waals surface area contributed by atoms with Gasteiger partial charge in [0.15, 0.2) is 40.5 Å². The second kappa shape index (κ2) is 21.4. The van der Waals surface area contributed by atoms with Gasteiger partial charge >= 0.3 is 24.0 Å². The van der Waals surface area contributed by atoms with Crippen LogP contribution < -0.4 is 0 Å². The molecule has 1 N–H and O–H groups in total. The average molecular weight is 1070 g/mol. The van der Waals surface area contributed by atoms with Crippen molar-refractivity contribution in [1.29, 1.82) is 0 Å². The number of aliphatic hydroxyl groups is 1. The number of benzene rings is 2. The van der Waals surface area contributed by atoms with E-state index >= 15 is 9.59 Å². The van der Waals surface area contributed by atoms with Crippen LogP contribution in [0.2, 0.25) is 36.3 Å². The molecule has 2 aromatic rings. The third-order valence-corrected chi connectivity index (χ3v) is 27.6. The number of nitrogens with zero attached hydrogens (tertiary/aromatic N) is 1. The van der Waals surface area contributed by atoms with Gasteiger partial charge < -0.3 is 37.6 Å². The van der Waals surface area contributed by atoms with E-state index in [9.17, 15) is 24.3 Å². The zero-order chi connectivity index (χ0) is 55.4. The Morgan fingerprint density at radius 1 is 0.787 bits per heavy atom. The first-order chi connectivity index (χ1) is 35.1. The Hall–Kier alpha value is -4.53. The fourth-order valence-corrected chi connectivity index (χ4v) is 19.1. The number of amides is 1. The van der Waals surface area contributed by atoms with Crippen molar-refractivity contribution in [1.82, 2.24) is 4.90 Å². The van der Waals surface area contributed by atoms with Crippen LogP contribution in [0.1, 0.15) is 145 Å². The fraction of sp³-hybridized carbons (Fsp3) is 0.655. The highest BCUT2D eigenvalue weighted by atomic mass is 28.4. The second-order valence-corrected chi connectivity index (χ2v) is 33.1. The maximum atomic E-state index is 17.0. The molecule has 17 heteroatoms. The molecule has 4 fully saturated rings. The van der Waals surface area contributed by atoms with Crippen molar-refractivity contribution in [3.63, 3.8) is 0 Å². The summed E-state index contributed by atoms with van der Waals surface area (Å²) in [5, 5.41) is 14.5. The lowest BCUT2D eigenvalue weighted by Crippen LogP contribution is -2.74. The lowest BCUT2D eigenvalue weighted by Gasteiger charge is -2.63. The van der Waals surface area contributed by atoms with Crippen molar-refractivity contribution in [2.24, 2.45) is 22.7 Å². The van der Waals surface area contributed by atoms with E-state index in [1.54, 1.807) is 88.4 Å². The van der Waals surface area contributed by atoms with Crippen LogP contribution in [0.3, 0.4) is 0 Å². The van der Waals surface area contributed by atoms with Crippen LogP contribution in [-0.2, 0) is 51.7 Å². The van der Waals surface area contributed by atoms with E-state index in [1.165, 1.54) is 13.8 Å². The van der Waals surface area contributed by atoms with Crippen LogP contribution in [0.4, 0.5) is 4.79 Å². The molecule has 75 heavy (non-hydrogen) atoms. The number of hydrogen-bond donors (Lipinski definition) is 1. The first-order valence-corrected chi connectivity index (χ1v) is 32.4. The summed E-state index contributed by atoms with van der Waals surface area (Å²) in [5.74, 6) is -4.73. The molecule has 1 amide bonds. The number of esters is 3. The largest absolute Gasteiger partial charge is 0.458 e. The van der Waals surface area contributed by atoms with Gasteiger partial charge in [0.2, 0.25) is 0 Å². The molecule has 412 valence electrons. The van der Waals surface area contributed by atoms with E-state index in [2.05, 4.69) is 41.5 Å². The van der Waals surface area contributed by atoms with Crippen molar-refractivity contribution in [3.05, 3.63) is 82.9 Å². The van der Waals surface area contributed by atoms with Crippen LogP contribution in [0, 0.1) is 22.7 Å². The van der Waals surface area contributed by atoms with Crippen molar-refractivity contribution in [2.45, 2.75) is 219 Å². The minimum absolute atomic E-state index is 0.192. The Balaban J connectivity index is 1.50. The van der Waals surface area contributed by atoms with Crippen molar-refractivity contribution in [3.8, 4) is 0 Å². The fourth-order valence-electron chi connectivity index (χ4n) is 13.5. The Bertz CT molecular complexity index is 2500.